The van der Waals surface area contributed by atoms with Crippen LogP contribution in [0.4, 0.5) is 4.79 Å². The summed E-state index contributed by atoms with van der Waals surface area (Å²) < 4.78 is 5.22. The lowest BCUT2D eigenvalue weighted by atomic mass is 9.77. The average Bonchev–Trinajstić information content (AvgIpc) is 2.55. The second kappa shape index (κ2) is 5.99. The van der Waals surface area contributed by atoms with Crippen LogP contribution in [0.25, 0.3) is 21.5 Å². The highest BCUT2D eigenvalue weighted by Crippen LogP contribution is 2.42. The lowest BCUT2D eigenvalue weighted by Gasteiger charge is -2.39. The van der Waals surface area contributed by atoms with Crippen LogP contribution in [0.1, 0.15) is 25.5 Å². The van der Waals surface area contributed by atoms with Crippen LogP contribution < -0.4 is 5.32 Å². The summed E-state index contributed by atoms with van der Waals surface area (Å²) in [4.78, 5) is 11.9. The fraction of sp³-hybridized carbons (Fsp3) is 0.250. The van der Waals surface area contributed by atoms with Crippen molar-refractivity contribution in [2.75, 3.05) is 6.61 Å². The molecule has 1 amide bonds. The fourth-order valence-corrected chi connectivity index (χ4v) is 3.51. The number of halogens is 1. The largest absolute Gasteiger partial charge is 0.449 e. The number of benzene rings is 3. The van der Waals surface area contributed by atoms with Gasteiger partial charge in [0.15, 0.2) is 0 Å². The first-order chi connectivity index (χ1) is 11.1. The number of alkyl carbamates (subject to hydrolysis) is 1. The zero-order chi connectivity index (χ0) is 16.0. The number of ether oxygens (including phenoxy) is 1. The highest BCUT2D eigenvalue weighted by molar-refractivity contribution is 6.03. The Morgan fingerprint density at radius 1 is 1.00 bits per heavy atom. The molecule has 1 aliphatic heterocycles. The van der Waals surface area contributed by atoms with E-state index in [1.807, 2.05) is 0 Å². The summed E-state index contributed by atoms with van der Waals surface area (Å²) in [5.41, 5.74) is 1.00. The predicted octanol–water partition coefficient (Wildman–Crippen LogP) is 5.22. The number of hydrogen-bond acceptors (Lipinski definition) is 2. The zero-order valence-corrected chi connectivity index (χ0v) is 14.5. The summed E-state index contributed by atoms with van der Waals surface area (Å²) in [6.07, 6.45) is -0.341. The third kappa shape index (κ3) is 2.59. The van der Waals surface area contributed by atoms with Crippen molar-refractivity contribution in [2.45, 2.75) is 19.9 Å². The molecule has 1 atom stereocenters. The van der Waals surface area contributed by atoms with Crippen molar-refractivity contribution in [3.63, 3.8) is 0 Å². The number of hydrogen-bond donors (Lipinski definition) is 1. The summed E-state index contributed by atoms with van der Waals surface area (Å²) in [7, 11) is 0. The quantitative estimate of drug-likeness (QED) is 0.616. The van der Waals surface area contributed by atoms with Gasteiger partial charge < -0.3 is 10.1 Å². The third-order valence-corrected chi connectivity index (χ3v) is 4.72. The molecule has 0 aliphatic carbocycles. The first-order valence-electron chi connectivity index (χ1n) is 7.90. The molecule has 1 aliphatic rings. The van der Waals surface area contributed by atoms with Gasteiger partial charge in [-0.05, 0) is 33.2 Å². The van der Waals surface area contributed by atoms with Crippen LogP contribution >= 0.6 is 12.4 Å². The normalized spacial score (nSPS) is 19.4. The minimum Gasteiger partial charge on any atom is -0.449 e. The molecule has 24 heavy (non-hydrogen) atoms. The van der Waals surface area contributed by atoms with Gasteiger partial charge in [0.25, 0.3) is 0 Å². The van der Waals surface area contributed by atoms with Gasteiger partial charge >= 0.3 is 6.09 Å². The van der Waals surface area contributed by atoms with E-state index in [1.54, 1.807) is 0 Å². The Balaban J connectivity index is 0.00000169. The fourth-order valence-electron chi connectivity index (χ4n) is 3.51. The molecule has 3 aromatic rings. The molecule has 124 valence electrons. The lowest BCUT2D eigenvalue weighted by molar-refractivity contribution is 0.0395. The number of fused-ring (bicyclic) bond motifs is 2. The summed E-state index contributed by atoms with van der Waals surface area (Å²) in [5, 5.41) is 7.80. The lowest BCUT2D eigenvalue weighted by Crippen LogP contribution is -2.47. The Hall–Kier alpha value is -2.26. The number of nitrogens with one attached hydrogen (secondary N) is 1. The second-order valence-electron chi connectivity index (χ2n) is 6.87. The van der Waals surface area contributed by atoms with Crippen molar-refractivity contribution < 1.29 is 9.53 Å². The van der Waals surface area contributed by atoms with Crippen molar-refractivity contribution in [2.24, 2.45) is 5.41 Å². The van der Waals surface area contributed by atoms with E-state index in [0.717, 1.165) is 0 Å². The number of carbonyl (C=O) groups is 1. The number of amides is 1. The summed E-state index contributed by atoms with van der Waals surface area (Å²) in [5.74, 6) is 0. The molecule has 0 saturated carbocycles. The van der Waals surface area contributed by atoms with Gasteiger partial charge in [-0.1, -0.05) is 62.4 Å². The number of cyclic esters (lactones) is 1. The molecule has 1 saturated heterocycles. The van der Waals surface area contributed by atoms with E-state index in [0.29, 0.717) is 6.61 Å². The Bertz CT molecular complexity index is 866. The van der Waals surface area contributed by atoms with E-state index < -0.39 is 0 Å². The Morgan fingerprint density at radius 2 is 1.54 bits per heavy atom. The maximum atomic E-state index is 11.9. The molecule has 0 radical (unpaired) electrons. The molecule has 0 aromatic heterocycles. The first kappa shape index (κ1) is 16.6. The standard InChI is InChI=1S/C20H19NO2.ClH/c1-20(2)12-23-19(22)21-18(20)17-15-9-5-3-7-13(15)11-14-8-4-6-10-16(14)17;/h3-11,18H,12H2,1-2H3,(H,21,22);1H/t18-;/m1./s1. The van der Waals surface area contributed by atoms with Crippen LogP contribution in [-0.4, -0.2) is 12.7 Å². The number of carbonyl (C=O) groups excluding carboxylic acids is 1. The predicted molar refractivity (Wildman–Crippen MR) is 99.7 cm³/mol. The molecule has 0 unspecified atom stereocenters. The molecule has 1 N–H and O–H groups in total. The monoisotopic (exact) mass is 341 g/mol. The topological polar surface area (TPSA) is 38.3 Å². The molecule has 1 fully saturated rings. The molecule has 3 aromatic carbocycles. The molecule has 1 heterocycles. The van der Waals surface area contributed by atoms with Crippen LogP contribution in [0.2, 0.25) is 0 Å². The maximum absolute atomic E-state index is 11.9. The van der Waals surface area contributed by atoms with Crippen LogP contribution in [0.15, 0.2) is 54.6 Å². The smallest absolute Gasteiger partial charge is 0.407 e. The highest BCUT2D eigenvalue weighted by atomic mass is 35.5. The average molecular weight is 342 g/mol. The molecule has 4 rings (SSSR count). The van der Waals surface area contributed by atoms with E-state index in [2.05, 4.69) is 73.8 Å². The SMILES string of the molecule is CC1(C)COC(=O)N[C@@H]1c1c2ccccc2cc2ccccc12.Cl. The summed E-state index contributed by atoms with van der Waals surface area (Å²) >= 11 is 0. The third-order valence-electron chi connectivity index (χ3n) is 4.72. The van der Waals surface area contributed by atoms with Gasteiger partial charge in [-0.15, -0.1) is 12.4 Å². The Kier molecular flexibility index (Phi) is 4.14. The Morgan fingerprint density at radius 3 is 2.12 bits per heavy atom. The summed E-state index contributed by atoms with van der Waals surface area (Å²) in [6.45, 7) is 4.68. The molecule has 0 spiro atoms. The molecule has 3 nitrogen and oxygen atoms in total. The van der Waals surface area contributed by atoms with E-state index in [1.165, 1.54) is 27.1 Å². The van der Waals surface area contributed by atoms with Gasteiger partial charge in [-0.2, -0.15) is 0 Å². The van der Waals surface area contributed by atoms with Gasteiger partial charge in [0.05, 0.1) is 6.04 Å². The van der Waals surface area contributed by atoms with E-state index in [4.69, 9.17) is 4.74 Å². The van der Waals surface area contributed by atoms with Crippen LogP contribution in [-0.2, 0) is 4.74 Å². The number of rotatable bonds is 1. The molecule has 0 bridgehead atoms. The van der Waals surface area contributed by atoms with E-state index in [9.17, 15) is 4.79 Å². The Labute approximate surface area is 147 Å². The van der Waals surface area contributed by atoms with Crippen LogP contribution in [0, 0.1) is 5.41 Å². The van der Waals surface area contributed by atoms with Gasteiger partial charge in [0, 0.05) is 5.41 Å². The summed E-state index contributed by atoms with van der Waals surface area (Å²) in [6, 6.07) is 18.8. The molecule has 4 heteroatoms. The van der Waals surface area contributed by atoms with E-state index >= 15 is 0 Å². The first-order valence-corrected chi connectivity index (χ1v) is 7.90. The maximum Gasteiger partial charge on any atom is 0.407 e. The van der Waals surface area contributed by atoms with Gasteiger partial charge in [0.2, 0.25) is 0 Å². The minimum absolute atomic E-state index is 0. The van der Waals surface area contributed by atoms with Crippen LogP contribution in [0.3, 0.4) is 0 Å². The van der Waals surface area contributed by atoms with Crippen molar-refractivity contribution in [1.82, 2.24) is 5.32 Å². The zero-order valence-electron chi connectivity index (χ0n) is 13.7. The van der Waals surface area contributed by atoms with Crippen LogP contribution in [0.5, 0.6) is 0 Å². The van der Waals surface area contributed by atoms with Crippen molar-refractivity contribution in [3.8, 4) is 0 Å². The van der Waals surface area contributed by atoms with Crippen molar-refractivity contribution >= 4 is 40.0 Å². The van der Waals surface area contributed by atoms with Gasteiger partial charge in [0.1, 0.15) is 6.61 Å². The molecular weight excluding hydrogens is 322 g/mol. The minimum atomic E-state index is -0.341. The highest BCUT2D eigenvalue weighted by Gasteiger charge is 2.39. The molecular formula is C20H20ClNO2. The van der Waals surface area contributed by atoms with Crippen molar-refractivity contribution in [3.05, 3.63) is 60.2 Å². The van der Waals surface area contributed by atoms with Gasteiger partial charge in [-0.25, -0.2) is 4.79 Å². The van der Waals surface area contributed by atoms with Crippen molar-refractivity contribution in [1.29, 1.82) is 0 Å². The van der Waals surface area contributed by atoms with Gasteiger partial charge in [-0.3, -0.25) is 0 Å². The second-order valence-corrected chi connectivity index (χ2v) is 6.87. The van der Waals surface area contributed by atoms with E-state index in [-0.39, 0.29) is 30.0 Å².